The van der Waals surface area contributed by atoms with Crippen LogP contribution in [0.2, 0.25) is 0 Å². The summed E-state index contributed by atoms with van der Waals surface area (Å²) in [5.74, 6) is 2.77. The first-order valence-corrected chi connectivity index (χ1v) is 5.87. The van der Waals surface area contributed by atoms with Gasteiger partial charge >= 0.3 is 0 Å². The maximum absolute atomic E-state index is 3.44. The second-order valence-corrected chi connectivity index (χ2v) is 6.10. The molecule has 1 spiro atoms. The highest BCUT2D eigenvalue weighted by Gasteiger charge is 2.36. The second-order valence-electron chi connectivity index (χ2n) is 2.89. The average molecular weight is 175 g/mol. The normalized spacial score (nSPS) is 31.2. The summed E-state index contributed by atoms with van der Waals surface area (Å²) in [7, 11) is 0. The lowest BCUT2D eigenvalue weighted by molar-refractivity contribution is 0.846. The molecule has 0 saturated carbocycles. The molecule has 0 aromatic carbocycles. The number of thioether (sulfide) groups is 2. The van der Waals surface area contributed by atoms with Crippen LogP contribution in [0.5, 0.6) is 0 Å². The van der Waals surface area contributed by atoms with E-state index in [4.69, 9.17) is 0 Å². The molecule has 3 heteroatoms. The molecule has 1 N–H and O–H groups in total. The van der Waals surface area contributed by atoms with Crippen molar-refractivity contribution in [3.8, 4) is 0 Å². The van der Waals surface area contributed by atoms with Crippen LogP contribution in [0.4, 0.5) is 0 Å². The lowest BCUT2D eigenvalue weighted by Gasteiger charge is -2.30. The number of nitrogens with one attached hydrogen (secondary N) is 1. The Labute approximate surface area is 70.7 Å². The Hall–Kier alpha value is 0.660. The Morgan fingerprint density at radius 2 is 2.00 bits per heavy atom. The molecule has 0 aromatic rings. The first kappa shape index (κ1) is 7.32. The van der Waals surface area contributed by atoms with E-state index in [1.54, 1.807) is 0 Å². The zero-order chi connectivity index (χ0) is 6.86. The van der Waals surface area contributed by atoms with Gasteiger partial charge in [0.2, 0.25) is 0 Å². The van der Waals surface area contributed by atoms with Gasteiger partial charge < -0.3 is 5.32 Å². The molecule has 1 nitrogen and oxygen atoms in total. The van der Waals surface area contributed by atoms with Gasteiger partial charge in [0.15, 0.2) is 0 Å². The summed E-state index contributed by atoms with van der Waals surface area (Å²) in [6.07, 6.45) is 2.79. The van der Waals surface area contributed by atoms with Gasteiger partial charge in [0.05, 0.1) is 4.08 Å². The summed E-state index contributed by atoms with van der Waals surface area (Å²) < 4.78 is 0.595. The largest absolute Gasteiger partial charge is 0.314 e. The number of hydrogen-bond donors (Lipinski definition) is 1. The summed E-state index contributed by atoms with van der Waals surface area (Å²) in [6, 6.07) is 0. The van der Waals surface area contributed by atoms with Gasteiger partial charge in [-0.1, -0.05) is 0 Å². The molecule has 0 amide bonds. The Kier molecular flexibility index (Phi) is 2.16. The highest BCUT2D eigenvalue weighted by molar-refractivity contribution is 8.18. The summed E-state index contributed by atoms with van der Waals surface area (Å²) >= 11 is 4.35. The predicted molar refractivity (Wildman–Crippen MR) is 49.8 cm³/mol. The molecule has 0 radical (unpaired) electrons. The fraction of sp³-hybridized carbons (Fsp3) is 1.00. The second kappa shape index (κ2) is 2.95. The van der Waals surface area contributed by atoms with E-state index in [1.165, 1.54) is 37.4 Å². The minimum atomic E-state index is 0.595. The fourth-order valence-corrected chi connectivity index (χ4v) is 4.75. The van der Waals surface area contributed by atoms with Crippen LogP contribution in [0.25, 0.3) is 0 Å². The molecular weight excluding hydrogens is 162 g/mol. The van der Waals surface area contributed by atoms with E-state index in [0.29, 0.717) is 4.08 Å². The third-order valence-corrected chi connectivity index (χ3v) is 5.54. The quantitative estimate of drug-likeness (QED) is 0.600. The van der Waals surface area contributed by atoms with E-state index in [9.17, 15) is 0 Å². The molecule has 0 atom stereocenters. The minimum Gasteiger partial charge on any atom is -0.314 e. The third kappa shape index (κ3) is 1.31. The average Bonchev–Trinajstić information content (AvgIpc) is 2.39. The molecule has 2 rings (SSSR count). The van der Waals surface area contributed by atoms with Gasteiger partial charge in [0.25, 0.3) is 0 Å². The third-order valence-electron chi connectivity index (χ3n) is 2.10. The smallest absolute Gasteiger partial charge is 0.0746 e. The molecule has 2 fully saturated rings. The van der Waals surface area contributed by atoms with Crippen molar-refractivity contribution in [3.63, 3.8) is 0 Å². The van der Waals surface area contributed by atoms with Gasteiger partial charge in [-0.3, -0.25) is 0 Å². The predicted octanol–water partition coefficient (Wildman–Crippen LogP) is 1.55. The van der Waals surface area contributed by atoms with Gasteiger partial charge in [-0.2, -0.15) is 0 Å². The lowest BCUT2D eigenvalue weighted by atomic mass is 10.4. The van der Waals surface area contributed by atoms with Crippen molar-refractivity contribution in [2.24, 2.45) is 0 Å². The van der Waals surface area contributed by atoms with Crippen LogP contribution < -0.4 is 5.32 Å². The molecule has 2 aliphatic rings. The standard InChI is InChI=1S/C7H13NS2/c1-4-9-7(10-5-1)2-3-8-6-7/h8H,1-6H2. The molecule has 10 heavy (non-hydrogen) atoms. The Balaban J connectivity index is 1.98. The van der Waals surface area contributed by atoms with Gasteiger partial charge in [-0.05, 0) is 30.9 Å². The monoisotopic (exact) mass is 175 g/mol. The summed E-state index contributed by atoms with van der Waals surface area (Å²) in [5.41, 5.74) is 0. The van der Waals surface area contributed by atoms with E-state index >= 15 is 0 Å². The molecule has 0 bridgehead atoms. The van der Waals surface area contributed by atoms with Crippen molar-refractivity contribution in [2.75, 3.05) is 24.6 Å². The Morgan fingerprint density at radius 1 is 1.20 bits per heavy atom. The summed E-state index contributed by atoms with van der Waals surface area (Å²) in [5, 5.41) is 3.44. The van der Waals surface area contributed by atoms with Gasteiger partial charge in [-0.15, -0.1) is 23.5 Å². The number of rotatable bonds is 0. The summed E-state index contributed by atoms with van der Waals surface area (Å²) in [4.78, 5) is 0. The van der Waals surface area contributed by atoms with Gasteiger partial charge in [0, 0.05) is 6.54 Å². The lowest BCUT2D eigenvalue weighted by Crippen LogP contribution is -2.27. The zero-order valence-corrected chi connectivity index (χ0v) is 7.69. The van der Waals surface area contributed by atoms with Crippen molar-refractivity contribution in [1.29, 1.82) is 0 Å². The highest BCUT2D eigenvalue weighted by Crippen LogP contribution is 2.45. The molecule has 0 aromatic heterocycles. The van der Waals surface area contributed by atoms with Gasteiger partial charge in [0.1, 0.15) is 0 Å². The van der Waals surface area contributed by atoms with Crippen LogP contribution in [-0.2, 0) is 0 Å². The first-order valence-electron chi connectivity index (χ1n) is 3.90. The molecule has 0 aliphatic carbocycles. The molecular formula is C7H13NS2. The molecule has 2 saturated heterocycles. The van der Waals surface area contributed by atoms with Crippen molar-refractivity contribution in [3.05, 3.63) is 0 Å². The maximum Gasteiger partial charge on any atom is 0.0746 e. The van der Waals surface area contributed by atoms with Crippen molar-refractivity contribution in [1.82, 2.24) is 5.32 Å². The van der Waals surface area contributed by atoms with Crippen LogP contribution in [-0.4, -0.2) is 28.7 Å². The van der Waals surface area contributed by atoms with E-state index in [2.05, 4.69) is 28.8 Å². The van der Waals surface area contributed by atoms with Crippen LogP contribution in [0.15, 0.2) is 0 Å². The fourth-order valence-electron chi connectivity index (χ4n) is 1.51. The molecule has 2 heterocycles. The van der Waals surface area contributed by atoms with Crippen LogP contribution in [0.3, 0.4) is 0 Å². The van der Waals surface area contributed by atoms with E-state index < -0.39 is 0 Å². The summed E-state index contributed by atoms with van der Waals surface area (Å²) in [6.45, 7) is 2.47. The molecule has 0 unspecified atom stereocenters. The van der Waals surface area contributed by atoms with Gasteiger partial charge in [-0.25, -0.2) is 0 Å². The maximum atomic E-state index is 3.44. The first-order chi connectivity index (χ1) is 4.91. The zero-order valence-electron chi connectivity index (χ0n) is 6.06. The molecule has 58 valence electrons. The van der Waals surface area contributed by atoms with Crippen molar-refractivity contribution < 1.29 is 0 Å². The van der Waals surface area contributed by atoms with Crippen LogP contribution in [0, 0.1) is 0 Å². The van der Waals surface area contributed by atoms with Crippen LogP contribution in [0.1, 0.15) is 12.8 Å². The minimum absolute atomic E-state index is 0.595. The van der Waals surface area contributed by atoms with Crippen molar-refractivity contribution >= 4 is 23.5 Å². The van der Waals surface area contributed by atoms with Crippen molar-refractivity contribution in [2.45, 2.75) is 16.9 Å². The number of hydrogen-bond acceptors (Lipinski definition) is 3. The van der Waals surface area contributed by atoms with Crippen LogP contribution >= 0.6 is 23.5 Å². The van der Waals surface area contributed by atoms with E-state index in [-0.39, 0.29) is 0 Å². The topological polar surface area (TPSA) is 12.0 Å². The molecule has 2 aliphatic heterocycles. The Bertz CT molecular complexity index is 113. The Morgan fingerprint density at radius 3 is 2.60 bits per heavy atom. The SMILES string of the molecule is C1CSC2(CCNC2)SC1. The van der Waals surface area contributed by atoms with E-state index in [0.717, 1.165) is 0 Å². The highest BCUT2D eigenvalue weighted by atomic mass is 32.2. The van der Waals surface area contributed by atoms with E-state index in [1.807, 2.05) is 0 Å².